The molecule has 3 rings (SSSR count). The molecule has 1 aliphatic rings. The average Bonchev–Trinajstić information content (AvgIpc) is 3.21. The van der Waals surface area contributed by atoms with E-state index in [0.29, 0.717) is 44.1 Å². The monoisotopic (exact) mass is 439 g/mol. The maximum absolute atomic E-state index is 13.2. The lowest BCUT2D eigenvalue weighted by Crippen LogP contribution is -2.41. The average molecular weight is 440 g/mol. The van der Waals surface area contributed by atoms with Crippen molar-refractivity contribution in [3.05, 3.63) is 65.5 Å². The van der Waals surface area contributed by atoms with E-state index >= 15 is 0 Å². The van der Waals surface area contributed by atoms with E-state index in [0.717, 1.165) is 24.2 Å². The minimum absolute atomic E-state index is 0.144. The van der Waals surface area contributed by atoms with E-state index in [1.807, 2.05) is 36.1 Å². The number of rotatable bonds is 9. The van der Waals surface area contributed by atoms with Crippen LogP contribution in [0.5, 0.6) is 0 Å². The van der Waals surface area contributed by atoms with E-state index in [2.05, 4.69) is 20.9 Å². The first-order chi connectivity index (χ1) is 15.5. The van der Waals surface area contributed by atoms with Gasteiger partial charge >= 0.3 is 0 Å². The maximum atomic E-state index is 13.2. The second-order valence-corrected chi connectivity index (χ2v) is 7.59. The van der Waals surface area contributed by atoms with Gasteiger partial charge in [0.2, 0.25) is 11.8 Å². The van der Waals surface area contributed by atoms with Crippen molar-refractivity contribution in [2.45, 2.75) is 32.7 Å². The fourth-order valence-electron chi connectivity index (χ4n) is 3.49. The fraction of sp³-hybridized carbons (Fsp3) is 0.375. The van der Waals surface area contributed by atoms with Gasteiger partial charge in [0, 0.05) is 38.3 Å². The number of benzene rings is 2. The van der Waals surface area contributed by atoms with E-state index in [1.165, 1.54) is 12.1 Å². The van der Waals surface area contributed by atoms with Crippen molar-refractivity contribution in [3.63, 3.8) is 0 Å². The zero-order valence-electron chi connectivity index (χ0n) is 18.4. The summed E-state index contributed by atoms with van der Waals surface area (Å²) in [6.07, 6.45) is 1.67. The highest BCUT2D eigenvalue weighted by atomic mass is 19.1. The first kappa shape index (κ1) is 23.2. The second kappa shape index (κ2) is 11.8. The summed E-state index contributed by atoms with van der Waals surface area (Å²) in [5.41, 5.74) is 2.62. The standard InChI is InChI=1S/C24H30FN5O2/c1-2-26-24(28-13-12-27-22(31)16-19-5-3-6-20(25)15-19)29-17-18-8-10-21(11-9-18)30-14-4-7-23(30)32/h3,5-6,8-11,15H,2,4,7,12-14,16-17H2,1H3,(H,27,31)(H2,26,28,29). The molecule has 0 bridgehead atoms. The molecule has 2 aromatic rings. The summed E-state index contributed by atoms with van der Waals surface area (Å²) in [6.45, 7) is 4.92. The van der Waals surface area contributed by atoms with Gasteiger partial charge in [-0.25, -0.2) is 9.38 Å². The maximum Gasteiger partial charge on any atom is 0.227 e. The molecule has 8 heteroatoms. The highest BCUT2D eigenvalue weighted by Crippen LogP contribution is 2.21. The van der Waals surface area contributed by atoms with Crippen LogP contribution in [0.15, 0.2) is 53.5 Å². The van der Waals surface area contributed by atoms with E-state index in [4.69, 9.17) is 0 Å². The number of halogens is 1. The molecule has 32 heavy (non-hydrogen) atoms. The van der Waals surface area contributed by atoms with E-state index in [9.17, 15) is 14.0 Å². The van der Waals surface area contributed by atoms with Gasteiger partial charge in [0.25, 0.3) is 0 Å². The molecule has 2 aromatic carbocycles. The van der Waals surface area contributed by atoms with Crippen LogP contribution in [0, 0.1) is 5.82 Å². The van der Waals surface area contributed by atoms with Gasteiger partial charge in [0.1, 0.15) is 5.82 Å². The Morgan fingerprint density at radius 2 is 1.84 bits per heavy atom. The Labute approximate surface area is 188 Å². The van der Waals surface area contributed by atoms with E-state index in [1.54, 1.807) is 12.1 Å². The number of carbonyl (C=O) groups is 2. The van der Waals surface area contributed by atoms with Gasteiger partial charge in [-0.3, -0.25) is 9.59 Å². The molecule has 1 heterocycles. The van der Waals surface area contributed by atoms with E-state index < -0.39 is 0 Å². The van der Waals surface area contributed by atoms with E-state index in [-0.39, 0.29) is 24.1 Å². The number of carbonyl (C=O) groups excluding carboxylic acids is 2. The molecule has 0 atom stereocenters. The molecule has 0 unspecified atom stereocenters. The largest absolute Gasteiger partial charge is 0.357 e. The summed E-state index contributed by atoms with van der Waals surface area (Å²) < 4.78 is 13.2. The molecular weight excluding hydrogens is 409 g/mol. The molecule has 0 aliphatic carbocycles. The van der Waals surface area contributed by atoms with Crippen molar-refractivity contribution >= 4 is 23.5 Å². The highest BCUT2D eigenvalue weighted by Gasteiger charge is 2.21. The normalized spacial score (nSPS) is 13.9. The number of aliphatic imine (C=N–C) groups is 1. The summed E-state index contributed by atoms with van der Waals surface area (Å²) in [4.78, 5) is 30.3. The lowest BCUT2D eigenvalue weighted by molar-refractivity contribution is -0.120. The summed E-state index contributed by atoms with van der Waals surface area (Å²) in [7, 11) is 0. The van der Waals surface area contributed by atoms with Crippen molar-refractivity contribution in [2.75, 3.05) is 31.1 Å². The second-order valence-electron chi connectivity index (χ2n) is 7.59. The van der Waals surface area contributed by atoms with Crippen LogP contribution in [-0.2, 0) is 22.6 Å². The predicted molar refractivity (Wildman–Crippen MR) is 124 cm³/mol. The van der Waals surface area contributed by atoms with Crippen LogP contribution in [0.3, 0.4) is 0 Å². The van der Waals surface area contributed by atoms with Crippen molar-refractivity contribution in [3.8, 4) is 0 Å². The Hall–Kier alpha value is -3.42. The zero-order chi connectivity index (χ0) is 22.8. The third-order valence-corrected chi connectivity index (χ3v) is 5.08. The molecule has 0 radical (unpaired) electrons. The molecule has 1 saturated heterocycles. The van der Waals surface area contributed by atoms with Crippen LogP contribution in [0.1, 0.15) is 30.9 Å². The van der Waals surface area contributed by atoms with Crippen LogP contribution in [0.25, 0.3) is 0 Å². The van der Waals surface area contributed by atoms with Crippen LogP contribution < -0.4 is 20.9 Å². The lowest BCUT2D eigenvalue weighted by Gasteiger charge is -2.16. The number of anilines is 1. The number of nitrogens with zero attached hydrogens (tertiary/aromatic N) is 2. The lowest BCUT2D eigenvalue weighted by atomic mass is 10.1. The molecule has 0 saturated carbocycles. The fourth-order valence-corrected chi connectivity index (χ4v) is 3.49. The Kier molecular flexibility index (Phi) is 8.60. The van der Waals surface area contributed by atoms with Gasteiger partial charge in [-0.1, -0.05) is 24.3 Å². The van der Waals surface area contributed by atoms with Crippen molar-refractivity contribution in [1.82, 2.24) is 16.0 Å². The predicted octanol–water partition coefficient (Wildman–Crippen LogP) is 2.37. The Morgan fingerprint density at radius 3 is 2.53 bits per heavy atom. The Morgan fingerprint density at radius 1 is 1.06 bits per heavy atom. The molecule has 1 aliphatic heterocycles. The number of hydrogen-bond acceptors (Lipinski definition) is 3. The molecule has 0 aromatic heterocycles. The summed E-state index contributed by atoms with van der Waals surface area (Å²) >= 11 is 0. The molecule has 170 valence electrons. The van der Waals surface area contributed by atoms with Gasteiger partial charge in [-0.15, -0.1) is 0 Å². The number of hydrogen-bond donors (Lipinski definition) is 3. The van der Waals surface area contributed by atoms with Crippen molar-refractivity contribution in [1.29, 1.82) is 0 Å². The van der Waals surface area contributed by atoms with Gasteiger partial charge in [0.15, 0.2) is 5.96 Å². The van der Waals surface area contributed by atoms with Crippen molar-refractivity contribution in [2.24, 2.45) is 4.99 Å². The third-order valence-electron chi connectivity index (χ3n) is 5.08. The summed E-state index contributed by atoms with van der Waals surface area (Å²) in [6, 6.07) is 13.9. The molecule has 1 fully saturated rings. The zero-order valence-corrected chi connectivity index (χ0v) is 18.4. The topological polar surface area (TPSA) is 85.8 Å². The Bertz CT molecular complexity index is 946. The van der Waals surface area contributed by atoms with Crippen LogP contribution >= 0.6 is 0 Å². The van der Waals surface area contributed by atoms with Crippen LogP contribution in [0.4, 0.5) is 10.1 Å². The quantitative estimate of drug-likeness (QED) is 0.318. The molecule has 3 N–H and O–H groups in total. The highest BCUT2D eigenvalue weighted by molar-refractivity contribution is 5.95. The van der Waals surface area contributed by atoms with Crippen LogP contribution in [0.2, 0.25) is 0 Å². The minimum Gasteiger partial charge on any atom is -0.357 e. The summed E-state index contributed by atoms with van der Waals surface area (Å²) in [5.74, 6) is 0.335. The summed E-state index contributed by atoms with van der Waals surface area (Å²) in [5, 5.41) is 9.19. The molecule has 7 nitrogen and oxygen atoms in total. The Balaban J connectivity index is 1.43. The smallest absolute Gasteiger partial charge is 0.227 e. The molecular formula is C24H30FN5O2. The number of amides is 2. The first-order valence-corrected chi connectivity index (χ1v) is 11.0. The van der Waals surface area contributed by atoms with Crippen molar-refractivity contribution < 1.29 is 14.0 Å². The third kappa shape index (κ3) is 7.08. The minimum atomic E-state index is -0.345. The molecule has 2 amide bonds. The van der Waals surface area contributed by atoms with Gasteiger partial charge in [0.05, 0.1) is 13.0 Å². The van der Waals surface area contributed by atoms with Crippen LogP contribution in [-0.4, -0.2) is 44.0 Å². The van der Waals surface area contributed by atoms with Gasteiger partial charge in [-0.05, 0) is 48.7 Å². The number of nitrogens with one attached hydrogen (secondary N) is 3. The molecule has 0 spiro atoms. The SMILES string of the molecule is CCNC(=NCc1ccc(N2CCCC2=O)cc1)NCCNC(=O)Cc1cccc(F)c1. The van der Waals surface area contributed by atoms with Gasteiger partial charge < -0.3 is 20.9 Å². The van der Waals surface area contributed by atoms with Gasteiger partial charge in [-0.2, -0.15) is 0 Å². The first-order valence-electron chi connectivity index (χ1n) is 11.0. The number of guanidine groups is 1.